The van der Waals surface area contributed by atoms with Crippen LogP contribution in [0, 0.1) is 0 Å². The van der Waals surface area contributed by atoms with Crippen molar-refractivity contribution in [2.24, 2.45) is 0 Å². The first-order chi connectivity index (χ1) is 8.93. The van der Waals surface area contributed by atoms with E-state index in [1.54, 1.807) is 0 Å². The average Bonchev–Trinajstić information content (AvgIpc) is 3.05. The van der Waals surface area contributed by atoms with Gasteiger partial charge < -0.3 is 4.98 Å². The first kappa shape index (κ1) is 10.1. The number of H-pyrrole nitrogens is 1. The summed E-state index contributed by atoms with van der Waals surface area (Å²) in [5.74, 6) is 0.961. The Morgan fingerprint density at radius 1 is 1.28 bits per heavy atom. The zero-order chi connectivity index (χ0) is 11.9. The molecule has 0 spiro atoms. The molecule has 0 atom stereocenters. The van der Waals surface area contributed by atoms with Gasteiger partial charge in [-0.15, -0.1) is 11.3 Å². The van der Waals surface area contributed by atoms with E-state index in [9.17, 15) is 0 Å². The van der Waals surface area contributed by atoms with Gasteiger partial charge in [0.1, 0.15) is 5.82 Å². The SMILES string of the molecule is C1=Cc2sc3c(-c4ncc[nH]4)cccc3c2CC1. The molecule has 1 aromatic carbocycles. The maximum atomic E-state index is 4.38. The number of allylic oxidation sites excluding steroid dienone is 1. The summed E-state index contributed by atoms with van der Waals surface area (Å²) in [4.78, 5) is 8.99. The molecular weight excluding hydrogens is 240 g/mol. The largest absolute Gasteiger partial charge is 0.345 e. The Kier molecular flexibility index (Phi) is 2.14. The van der Waals surface area contributed by atoms with Crippen LogP contribution in [-0.4, -0.2) is 9.97 Å². The standard InChI is InChI=1S/C15H12N2S/c1-2-7-13-10(4-1)11-5-3-6-12(14(11)18-13)15-16-8-9-17-15/h2-3,5-9H,1,4H2,(H,16,17). The van der Waals surface area contributed by atoms with Gasteiger partial charge in [-0.3, -0.25) is 0 Å². The van der Waals surface area contributed by atoms with Crippen LogP contribution in [-0.2, 0) is 6.42 Å². The van der Waals surface area contributed by atoms with Crippen LogP contribution >= 0.6 is 11.3 Å². The molecule has 4 rings (SSSR count). The number of aromatic nitrogens is 2. The molecule has 18 heavy (non-hydrogen) atoms. The third-order valence-electron chi connectivity index (χ3n) is 3.43. The second-order valence-corrected chi connectivity index (χ2v) is 5.56. The zero-order valence-electron chi connectivity index (χ0n) is 9.81. The van der Waals surface area contributed by atoms with E-state index in [0.29, 0.717) is 0 Å². The molecule has 0 saturated carbocycles. The summed E-state index contributed by atoms with van der Waals surface area (Å²) in [7, 11) is 0. The Labute approximate surface area is 109 Å². The van der Waals surface area contributed by atoms with Gasteiger partial charge in [0.05, 0.1) is 0 Å². The second kappa shape index (κ2) is 3.82. The second-order valence-electron chi connectivity index (χ2n) is 4.51. The third-order valence-corrected chi connectivity index (χ3v) is 4.68. The van der Waals surface area contributed by atoms with Gasteiger partial charge in [-0.2, -0.15) is 0 Å². The molecule has 1 aliphatic rings. The quantitative estimate of drug-likeness (QED) is 0.689. The van der Waals surface area contributed by atoms with Crippen LogP contribution in [0.3, 0.4) is 0 Å². The number of fused-ring (bicyclic) bond motifs is 3. The Morgan fingerprint density at radius 2 is 2.28 bits per heavy atom. The number of hydrogen-bond acceptors (Lipinski definition) is 2. The highest BCUT2D eigenvalue weighted by Gasteiger charge is 2.15. The molecule has 3 heteroatoms. The number of nitrogens with zero attached hydrogens (tertiary/aromatic N) is 1. The van der Waals surface area contributed by atoms with Gasteiger partial charge in [-0.05, 0) is 35.9 Å². The number of hydrogen-bond donors (Lipinski definition) is 1. The van der Waals surface area contributed by atoms with Crippen molar-refractivity contribution in [1.82, 2.24) is 9.97 Å². The van der Waals surface area contributed by atoms with E-state index >= 15 is 0 Å². The van der Waals surface area contributed by atoms with Crippen molar-refractivity contribution >= 4 is 27.5 Å². The molecule has 0 bridgehead atoms. The first-order valence-electron chi connectivity index (χ1n) is 6.14. The maximum absolute atomic E-state index is 4.38. The van der Waals surface area contributed by atoms with E-state index in [0.717, 1.165) is 18.7 Å². The Hall–Kier alpha value is -1.87. The Bertz CT molecular complexity index is 735. The number of nitrogens with one attached hydrogen (secondary N) is 1. The average molecular weight is 252 g/mol. The highest BCUT2D eigenvalue weighted by molar-refractivity contribution is 7.20. The lowest BCUT2D eigenvalue weighted by Gasteiger charge is -2.04. The fourth-order valence-electron chi connectivity index (χ4n) is 2.60. The minimum atomic E-state index is 0.961. The van der Waals surface area contributed by atoms with Crippen LogP contribution in [0.25, 0.3) is 27.6 Å². The van der Waals surface area contributed by atoms with E-state index in [4.69, 9.17) is 0 Å². The monoisotopic (exact) mass is 252 g/mol. The highest BCUT2D eigenvalue weighted by Crippen LogP contribution is 2.39. The molecule has 1 N–H and O–H groups in total. The number of aromatic amines is 1. The number of benzene rings is 1. The molecule has 0 amide bonds. The lowest BCUT2D eigenvalue weighted by Crippen LogP contribution is -1.88. The van der Waals surface area contributed by atoms with Gasteiger partial charge in [0, 0.05) is 27.5 Å². The summed E-state index contributed by atoms with van der Waals surface area (Å²) in [6, 6.07) is 6.51. The Balaban J connectivity index is 2.06. The summed E-state index contributed by atoms with van der Waals surface area (Å²) >= 11 is 1.88. The third kappa shape index (κ3) is 1.37. The first-order valence-corrected chi connectivity index (χ1v) is 6.96. The minimum Gasteiger partial charge on any atom is -0.345 e. The van der Waals surface area contributed by atoms with Gasteiger partial charge in [-0.1, -0.05) is 18.2 Å². The summed E-state index contributed by atoms with van der Waals surface area (Å²) in [5, 5.41) is 1.40. The number of thiophene rings is 1. The van der Waals surface area contributed by atoms with Crippen molar-refractivity contribution in [3.05, 3.63) is 47.1 Å². The number of imidazole rings is 1. The van der Waals surface area contributed by atoms with Crippen molar-refractivity contribution in [3.63, 3.8) is 0 Å². The van der Waals surface area contributed by atoms with Crippen LogP contribution < -0.4 is 0 Å². The van der Waals surface area contributed by atoms with Gasteiger partial charge in [0.2, 0.25) is 0 Å². The van der Waals surface area contributed by atoms with Crippen LogP contribution in [0.15, 0.2) is 36.7 Å². The molecule has 0 radical (unpaired) electrons. The number of rotatable bonds is 1. The summed E-state index contributed by atoms with van der Waals surface area (Å²) in [6.07, 6.45) is 10.5. The lowest BCUT2D eigenvalue weighted by molar-refractivity contribution is 1.01. The normalized spacial score (nSPS) is 14.0. The van der Waals surface area contributed by atoms with Gasteiger partial charge >= 0.3 is 0 Å². The van der Waals surface area contributed by atoms with Crippen molar-refractivity contribution in [1.29, 1.82) is 0 Å². The van der Waals surface area contributed by atoms with Crippen molar-refractivity contribution in [2.45, 2.75) is 12.8 Å². The molecule has 2 nitrogen and oxygen atoms in total. The zero-order valence-corrected chi connectivity index (χ0v) is 10.6. The van der Waals surface area contributed by atoms with Gasteiger partial charge in [0.25, 0.3) is 0 Å². The molecular formula is C15H12N2S. The molecule has 0 saturated heterocycles. The van der Waals surface area contributed by atoms with E-state index in [1.165, 1.54) is 26.1 Å². The van der Waals surface area contributed by atoms with Crippen molar-refractivity contribution < 1.29 is 0 Å². The highest BCUT2D eigenvalue weighted by atomic mass is 32.1. The molecule has 2 aromatic heterocycles. The predicted octanol–water partition coefficient (Wildman–Crippen LogP) is 4.25. The van der Waals surface area contributed by atoms with Crippen LogP contribution in [0.2, 0.25) is 0 Å². The van der Waals surface area contributed by atoms with Gasteiger partial charge in [-0.25, -0.2) is 4.98 Å². The van der Waals surface area contributed by atoms with Crippen LogP contribution in [0.1, 0.15) is 16.9 Å². The molecule has 3 aromatic rings. The number of aryl methyl sites for hydroxylation is 1. The molecule has 1 aliphatic carbocycles. The van der Waals surface area contributed by atoms with Crippen molar-refractivity contribution in [2.75, 3.05) is 0 Å². The minimum absolute atomic E-state index is 0.961. The molecule has 2 heterocycles. The molecule has 0 unspecified atom stereocenters. The van der Waals surface area contributed by atoms with E-state index in [1.807, 2.05) is 23.7 Å². The predicted molar refractivity (Wildman–Crippen MR) is 76.8 cm³/mol. The van der Waals surface area contributed by atoms with Crippen molar-refractivity contribution in [3.8, 4) is 11.4 Å². The topological polar surface area (TPSA) is 28.7 Å². The molecule has 0 fully saturated rings. The van der Waals surface area contributed by atoms with E-state index in [2.05, 4.69) is 40.3 Å². The molecule has 0 aliphatic heterocycles. The fraction of sp³-hybridized carbons (Fsp3) is 0.133. The van der Waals surface area contributed by atoms with Gasteiger partial charge in [0.15, 0.2) is 0 Å². The Morgan fingerprint density at radius 3 is 3.17 bits per heavy atom. The lowest BCUT2D eigenvalue weighted by atomic mass is 10.00. The van der Waals surface area contributed by atoms with Crippen LogP contribution in [0.4, 0.5) is 0 Å². The fourth-order valence-corrected chi connectivity index (χ4v) is 3.89. The van der Waals surface area contributed by atoms with Crippen LogP contribution in [0.5, 0.6) is 0 Å². The summed E-state index contributed by atoms with van der Waals surface area (Å²) < 4.78 is 1.35. The smallest absolute Gasteiger partial charge is 0.138 e. The molecule has 88 valence electrons. The van der Waals surface area contributed by atoms with E-state index < -0.39 is 0 Å². The van der Waals surface area contributed by atoms with E-state index in [-0.39, 0.29) is 0 Å². The summed E-state index contributed by atoms with van der Waals surface area (Å²) in [6.45, 7) is 0. The summed E-state index contributed by atoms with van der Waals surface area (Å²) in [5.41, 5.74) is 2.72. The maximum Gasteiger partial charge on any atom is 0.138 e.